The fourth-order valence-electron chi connectivity index (χ4n) is 1.16. The van der Waals surface area contributed by atoms with Gasteiger partial charge in [-0.05, 0) is 39.8 Å². The average molecular weight is 254 g/mol. The number of carbonyl (C=O) groups is 2. The molecular weight excluding hydrogens is 232 g/mol. The minimum absolute atomic E-state index is 0.500. The van der Waals surface area contributed by atoms with E-state index in [4.69, 9.17) is 15.0 Å². The van der Waals surface area contributed by atoms with Crippen molar-refractivity contribution >= 4 is 11.9 Å². The van der Waals surface area contributed by atoms with E-state index < -0.39 is 59.4 Å². The summed E-state index contributed by atoms with van der Waals surface area (Å²) in [5.74, 6) is -1.98. The summed E-state index contributed by atoms with van der Waals surface area (Å²) in [5.41, 5.74) is -1.02. The van der Waals surface area contributed by atoms with E-state index in [1.54, 1.807) is 27.7 Å². The zero-order valence-corrected chi connectivity index (χ0v) is 10.8. The average Bonchev–Trinajstić information content (AvgIpc) is 2.38. The molecule has 0 unspecified atom stereocenters. The second kappa shape index (κ2) is 6.19. The van der Waals surface area contributed by atoms with Gasteiger partial charge in [0, 0.05) is 0 Å². The van der Waals surface area contributed by atoms with E-state index in [1.165, 1.54) is 0 Å². The Hall–Kier alpha value is -1.84. The van der Waals surface area contributed by atoms with Crippen LogP contribution in [-0.2, 0) is 9.47 Å². The molecule has 1 aromatic rings. The lowest BCUT2D eigenvalue weighted by Gasteiger charge is -2.12. The molecule has 0 radical (unpaired) electrons. The summed E-state index contributed by atoms with van der Waals surface area (Å²) in [4.78, 5) is 24.2. The number of hydrogen-bond acceptors (Lipinski definition) is 4. The zero-order valence-electron chi connectivity index (χ0n) is 14.8. The highest BCUT2D eigenvalue weighted by Crippen LogP contribution is 2.13. The summed E-state index contributed by atoms with van der Waals surface area (Å²) in [7, 11) is 0. The molecule has 98 valence electrons. The Morgan fingerprint density at radius 1 is 0.944 bits per heavy atom. The Morgan fingerprint density at radius 3 is 1.56 bits per heavy atom. The summed E-state index contributed by atoms with van der Waals surface area (Å²) in [5, 5.41) is 0. The molecule has 0 fully saturated rings. The van der Waals surface area contributed by atoms with E-state index in [2.05, 4.69) is 0 Å². The summed E-state index contributed by atoms with van der Waals surface area (Å²) < 4.78 is 40.8. The molecule has 0 bridgehead atoms. The number of esters is 2. The Balaban J connectivity index is 3.58. The van der Waals surface area contributed by atoms with Crippen LogP contribution < -0.4 is 0 Å². The van der Waals surface area contributed by atoms with Gasteiger partial charge in [-0.3, -0.25) is 0 Å². The van der Waals surface area contributed by atoms with Crippen LogP contribution in [0.15, 0.2) is 24.2 Å². The topological polar surface area (TPSA) is 52.6 Å². The first-order valence-corrected chi connectivity index (χ1v) is 5.60. The first kappa shape index (κ1) is 9.14. The van der Waals surface area contributed by atoms with Gasteiger partial charge in [0.05, 0.1) is 28.8 Å². The number of rotatable bonds is 4. The lowest BCUT2D eigenvalue weighted by molar-refractivity contribution is 0.0328. The molecule has 0 amide bonds. The van der Waals surface area contributed by atoms with Crippen molar-refractivity contribution < 1.29 is 24.5 Å². The third kappa shape index (κ3) is 3.87. The number of ether oxygens (including phenoxy) is 2. The van der Waals surface area contributed by atoms with Crippen molar-refractivity contribution in [3.63, 3.8) is 0 Å². The highest BCUT2D eigenvalue weighted by Gasteiger charge is 2.20. The fourth-order valence-corrected chi connectivity index (χ4v) is 1.16. The van der Waals surface area contributed by atoms with E-state index in [-0.39, 0.29) is 0 Å². The first-order chi connectivity index (χ1) is 10.1. The molecule has 0 heterocycles. The van der Waals surface area contributed by atoms with Crippen LogP contribution in [0.25, 0.3) is 0 Å². The molecular formula is C14H18O4. The molecule has 0 aromatic heterocycles. The van der Waals surface area contributed by atoms with Crippen LogP contribution in [0, 0.1) is 0 Å². The van der Waals surface area contributed by atoms with Crippen LogP contribution >= 0.6 is 0 Å². The first-order valence-electron chi connectivity index (χ1n) is 7.60. The highest BCUT2D eigenvalue weighted by atomic mass is 16.5. The minimum atomic E-state index is -0.988. The number of hydrogen-bond donors (Lipinski definition) is 0. The fraction of sp³-hybridized carbons (Fsp3) is 0.429. The van der Waals surface area contributed by atoms with Crippen LogP contribution in [0.3, 0.4) is 0 Å². The van der Waals surface area contributed by atoms with Gasteiger partial charge < -0.3 is 9.47 Å². The SMILES string of the molecule is [2H]c1c([2H])c([2H])c(C(=O)OC(C)C)c(C(=O)OC(C)C)c1[2H]. The second-order valence-corrected chi connectivity index (χ2v) is 4.16. The predicted octanol–water partition coefficient (Wildman–Crippen LogP) is 2.82. The largest absolute Gasteiger partial charge is 0.459 e. The Kier molecular flexibility index (Phi) is 3.14. The maximum Gasteiger partial charge on any atom is 0.339 e. The number of benzene rings is 1. The van der Waals surface area contributed by atoms with Gasteiger partial charge in [-0.2, -0.15) is 0 Å². The van der Waals surface area contributed by atoms with Gasteiger partial charge in [-0.25, -0.2) is 9.59 Å². The molecule has 18 heavy (non-hydrogen) atoms. The molecule has 1 rings (SSSR count). The van der Waals surface area contributed by atoms with Gasteiger partial charge in [0.15, 0.2) is 0 Å². The lowest BCUT2D eigenvalue weighted by Crippen LogP contribution is -2.18. The summed E-state index contributed by atoms with van der Waals surface area (Å²) in [6, 6.07) is -2.46. The standard InChI is InChI=1S/C14H18O4/c1-9(2)17-13(15)11-7-5-6-8-12(11)14(16)18-10(3)4/h5-10H,1-4H3/i5D,6D,7D,8D. The van der Waals surface area contributed by atoms with Crippen LogP contribution in [0.5, 0.6) is 0 Å². The van der Waals surface area contributed by atoms with Gasteiger partial charge in [-0.1, -0.05) is 12.1 Å². The van der Waals surface area contributed by atoms with E-state index >= 15 is 0 Å². The van der Waals surface area contributed by atoms with Gasteiger partial charge in [0.1, 0.15) is 0 Å². The van der Waals surface area contributed by atoms with Crippen molar-refractivity contribution in [1.82, 2.24) is 0 Å². The lowest BCUT2D eigenvalue weighted by atomic mass is 10.1. The van der Waals surface area contributed by atoms with Crippen molar-refractivity contribution in [3.05, 3.63) is 35.3 Å². The Bertz CT molecular complexity index is 559. The predicted molar refractivity (Wildman–Crippen MR) is 67.5 cm³/mol. The van der Waals surface area contributed by atoms with E-state index in [9.17, 15) is 9.59 Å². The molecule has 0 aliphatic heterocycles. The minimum Gasteiger partial charge on any atom is -0.459 e. The number of carbonyl (C=O) groups excluding carboxylic acids is 2. The molecule has 4 heteroatoms. The molecule has 0 saturated heterocycles. The Labute approximate surface area is 113 Å². The monoisotopic (exact) mass is 254 g/mol. The van der Waals surface area contributed by atoms with E-state index in [0.717, 1.165) is 0 Å². The van der Waals surface area contributed by atoms with Gasteiger partial charge >= 0.3 is 11.9 Å². The zero-order chi connectivity index (χ0) is 17.2. The van der Waals surface area contributed by atoms with Crippen LogP contribution in [0.4, 0.5) is 0 Å². The van der Waals surface area contributed by atoms with Crippen molar-refractivity contribution in [3.8, 4) is 0 Å². The summed E-state index contributed by atoms with van der Waals surface area (Å²) in [6.45, 7) is 6.37. The van der Waals surface area contributed by atoms with Crippen molar-refractivity contribution in [2.45, 2.75) is 39.9 Å². The quantitative estimate of drug-likeness (QED) is 0.775. The van der Waals surface area contributed by atoms with Crippen molar-refractivity contribution in [1.29, 1.82) is 0 Å². The van der Waals surface area contributed by atoms with E-state index in [1.807, 2.05) is 0 Å². The van der Waals surface area contributed by atoms with Crippen LogP contribution in [0.2, 0.25) is 0 Å². The molecule has 4 nitrogen and oxygen atoms in total. The second-order valence-electron chi connectivity index (χ2n) is 4.16. The maximum atomic E-state index is 12.1. The van der Waals surface area contributed by atoms with Gasteiger partial charge in [-0.15, -0.1) is 0 Å². The molecule has 0 atom stereocenters. The van der Waals surface area contributed by atoms with Gasteiger partial charge in [0.25, 0.3) is 0 Å². The van der Waals surface area contributed by atoms with Gasteiger partial charge in [0.2, 0.25) is 0 Å². The third-order valence-electron chi connectivity index (χ3n) is 1.78. The smallest absolute Gasteiger partial charge is 0.339 e. The normalized spacial score (nSPS) is 13.7. The third-order valence-corrected chi connectivity index (χ3v) is 1.78. The molecule has 0 spiro atoms. The molecule has 0 aliphatic rings. The van der Waals surface area contributed by atoms with Crippen LogP contribution in [-0.4, -0.2) is 24.1 Å². The van der Waals surface area contributed by atoms with Crippen LogP contribution in [0.1, 0.15) is 53.9 Å². The molecule has 0 aliphatic carbocycles. The Morgan fingerprint density at radius 2 is 1.28 bits per heavy atom. The molecule has 0 saturated carbocycles. The summed E-state index contributed by atoms with van der Waals surface area (Å²) >= 11 is 0. The maximum absolute atomic E-state index is 12.1. The van der Waals surface area contributed by atoms with Crippen molar-refractivity contribution in [2.75, 3.05) is 0 Å². The van der Waals surface area contributed by atoms with E-state index in [0.29, 0.717) is 0 Å². The molecule has 0 N–H and O–H groups in total. The summed E-state index contributed by atoms with van der Waals surface area (Å²) in [6.07, 6.45) is -1.00. The molecule has 1 aromatic carbocycles. The van der Waals surface area contributed by atoms with Crippen molar-refractivity contribution in [2.24, 2.45) is 0 Å². The highest BCUT2D eigenvalue weighted by molar-refractivity contribution is 6.03.